The van der Waals surface area contributed by atoms with Gasteiger partial charge in [-0.3, -0.25) is 0 Å². The predicted molar refractivity (Wildman–Crippen MR) is 83.7 cm³/mol. The van der Waals surface area contributed by atoms with Crippen LogP contribution in [0, 0.1) is 46.3 Å². The maximum atomic E-state index is 14.3. The minimum Gasteiger partial charge on any atom is -0.170 e. The molecule has 130 valence electrons. The molecule has 3 atom stereocenters. The van der Waals surface area contributed by atoms with Gasteiger partial charge in [0.25, 0.3) is 0 Å². The molecule has 3 heteroatoms. The summed E-state index contributed by atoms with van der Waals surface area (Å²) < 4.78 is 42.8. The van der Waals surface area contributed by atoms with Gasteiger partial charge in [0.15, 0.2) is 0 Å². The third kappa shape index (κ3) is 1.91. The van der Waals surface area contributed by atoms with Crippen LogP contribution < -0.4 is 0 Å². The molecular formula is C20H29F3. The summed E-state index contributed by atoms with van der Waals surface area (Å²) in [6.07, 6.45) is 5.94. The van der Waals surface area contributed by atoms with E-state index in [2.05, 4.69) is 6.92 Å². The van der Waals surface area contributed by atoms with Crippen molar-refractivity contribution in [3.05, 3.63) is 0 Å². The molecule has 0 nitrogen and oxygen atoms in total. The number of alkyl halides is 3. The maximum Gasteiger partial charge on any atom is 0.394 e. The zero-order valence-electron chi connectivity index (χ0n) is 14.2. The second kappa shape index (κ2) is 4.49. The summed E-state index contributed by atoms with van der Waals surface area (Å²) in [5, 5.41) is 0. The quantitative estimate of drug-likeness (QED) is 0.566. The molecule has 6 aliphatic carbocycles. The van der Waals surface area contributed by atoms with E-state index < -0.39 is 11.6 Å². The van der Waals surface area contributed by atoms with Crippen molar-refractivity contribution in [2.75, 3.05) is 0 Å². The SMILES string of the molecule is CC1(CC2(C(F)(F)F)CC3CCC2C3)C2CC3CC(C2)CC1C3. The lowest BCUT2D eigenvalue weighted by Crippen LogP contribution is -2.56. The van der Waals surface area contributed by atoms with Crippen LogP contribution in [0.3, 0.4) is 0 Å². The van der Waals surface area contributed by atoms with Crippen LogP contribution in [0.5, 0.6) is 0 Å². The molecule has 6 saturated carbocycles. The van der Waals surface area contributed by atoms with Crippen molar-refractivity contribution in [1.82, 2.24) is 0 Å². The number of hydrogen-bond donors (Lipinski definition) is 0. The summed E-state index contributed by atoms with van der Waals surface area (Å²) in [4.78, 5) is 0. The number of halogens is 3. The van der Waals surface area contributed by atoms with E-state index in [9.17, 15) is 13.2 Å². The summed E-state index contributed by atoms with van der Waals surface area (Å²) >= 11 is 0. The molecule has 6 aliphatic rings. The van der Waals surface area contributed by atoms with E-state index in [-0.39, 0.29) is 11.3 Å². The Morgan fingerprint density at radius 1 is 0.783 bits per heavy atom. The first-order valence-electron chi connectivity index (χ1n) is 9.87. The molecular weight excluding hydrogens is 297 g/mol. The lowest BCUT2D eigenvalue weighted by molar-refractivity contribution is -0.265. The molecule has 0 amide bonds. The van der Waals surface area contributed by atoms with E-state index in [1.165, 1.54) is 32.1 Å². The Balaban J connectivity index is 1.49. The van der Waals surface area contributed by atoms with Gasteiger partial charge in [0.05, 0.1) is 5.41 Å². The Morgan fingerprint density at radius 2 is 1.35 bits per heavy atom. The summed E-state index contributed by atoms with van der Waals surface area (Å²) in [6, 6.07) is 0. The van der Waals surface area contributed by atoms with Crippen LogP contribution in [0.15, 0.2) is 0 Å². The average molecular weight is 326 g/mol. The Morgan fingerprint density at radius 3 is 1.78 bits per heavy atom. The van der Waals surface area contributed by atoms with Gasteiger partial charge in [-0.15, -0.1) is 0 Å². The van der Waals surface area contributed by atoms with Crippen molar-refractivity contribution >= 4 is 0 Å². The highest BCUT2D eigenvalue weighted by molar-refractivity contribution is 5.11. The highest BCUT2D eigenvalue weighted by Gasteiger charge is 2.68. The first-order valence-corrected chi connectivity index (χ1v) is 9.87. The third-order valence-corrected chi connectivity index (χ3v) is 9.24. The molecule has 6 rings (SSSR count). The Kier molecular flexibility index (Phi) is 2.94. The van der Waals surface area contributed by atoms with E-state index in [0.29, 0.717) is 30.6 Å². The monoisotopic (exact) mass is 326 g/mol. The van der Waals surface area contributed by atoms with E-state index in [0.717, 1.165) is 31.1 Å². The number of rotatable bonds is 2. The van der Waals surface area contributed by atoms with Crippen molar-refractivity contribution in [3.63, 3.8) is 0 Å². The van der Waals surface area contributed by atoms with Crippen molar-refractivity contribution in [1.29, 1.82) is 0 Å². The smallest absolute Gasteiger partial charge is 0.170 e. The normalized spacial score (nSPS) is 57.4. The Labute approximate surface area is 137 Å². The van der Waals surface area contributed by atoms with Crippen molar-refractivity contribution in [3.8, 4) is 0 Å². The standard InChI is InChI=1S/C20H29F3/c1-18(16-6-13-4-14(8-16)9-17(18)7-13)11-19(20(21,22)23)10-12-2-3-15(19)5-12/h12-17H,2-11H2,1H3. The zero-order chi connectivity index (χ0) is 16.0. The molecule has 0 aromatic heterocycles. The first kappa shape index (κ1) is 15.1. The van der Waals surface area contributed by atoms with Gasteiger partial charge >= 0.3 is 6.18 Å². The topological polar surface area (TPSA) is 0 Å². The molecule has 0 heterocycles. The molecule has 0 saturated heterocycles. The van der Waals surface area contributed by atoms with Crippen LogP contribution in [0.2, 0.25) is 0 Å². The third-order valence-electron chi connectivity index (χ3n) is 9.24. The molecule has 0 aromatic rings. The second-order valence-electron chi connectivity index (χ2n) is 10.2. The highest BCUT2D eigenvalue weighted by Crippen LogP contribution is 2.71. The average Bonchev–Trinajstić information content (AvgIpc) is 3.04. The first-order chi connectivity index (χ1) is 10.8. The van der Waals surface area contributed by atoms with Gasteiger partial charge in [-0.1, -0.05) is 13.3 Å². The van der Waals surface area contributed by atoms with Crippen LogP contribution >= 0.6 is 0 Å². The lowest BCUT2D eigenvalue weighted by atomic mass is 9.43. The molecule has 3 unspecified atom stereocenters. The van der Waals surface area contributed by atoms with Gasteiger partial charge < -0.3 is 0 Å². The maximum absolute atomic E-state index is 14.3. The van der Waals surface area contributed by atoms with Crippen LogP contribution in [0.25, 0.3) is 0 Å². The van der Waals surface area contributed by atoms with E-state index in [4.69, 9.17) is 0 Å². The lowest BCUT2D eigenvalue weighted by Gasteiger charge is -2.62. The number of hydrogen-bond acceptors (Lipinski definition) is 0. The van der Waals surface area contributed by atoms with Gasteiger partial charge in [0.1, 0.15) is 0 Å². The van der Waals surface area contributed by atoms with E-state index in [1.54, 1.807) is 0 Å². The van der Waals surface area contributed by atoms with Crippen LogP contribution in [-0.4, -0.2) is 6.18 Å². The van der Waals surface area contributed by atoms with E-state index >= 15 is 0 Å². The summed E-state index contributed by atoms with van der Waals surface area (Å²) in [5.41, 5.74) is -1.37. The molecule has 0 N–H and O–H groups in total. The number of fused-ring (bicyclic) bond motifs is 2. The summed E-state index contributed by atoms with van der Waals surface area (Å²) in [5.74, 6) is 3.14. The van der Waals surface area contributed by atoms with E-state index in [1.807, 2.05) is 0 Å². The minimum absolute atomic E-state index is 0.0343. The molecule has 0 radical (unpaired) electrons. The molecule has 6 fully saturated rings. The predicted octanol–water partition coefficient (Wildman–Crippen LogP) is 6.21. The second-order valence-corrected chi connectivity index (χ2v) is 10.2. The van der Waals surface area contributed by atoms with Gasteiger partial charge in [-0.25, -0.2) is 0 Å². The fraction of sp³-hybridized carbons (Fsp3) is 1.00. The van der Waals surface area contributed by atoms with Gasteiger partial charge in [-0.2, -0.15) is 13.2 Å². The molecule has 0 aromatic carbocycles. The van der Waals surface area contributed by atoms with Crippen molar-refractivity contribution < 1.29 is 13.2 Å². The summed E-state index contributed by atoms with van der Waals surface area (Å²) in [7, 11) is 0. The van der Waals surface area contributed by atoms with Gasteiger partial charge in [-0.05, 0) is 98.7 Å². The van der Waals surface area contributed by atoms with Crippen LogP contribution in [0.4, 0.5) is 13.2 Å². The van der Waals surface area contributed by atoms with Crippen molar-refractivity contribution in [2.45, 2.75) is 77.3 Å². The van der Waals surface area contributed by atoms with Crippen LogP contribution in [-0.2, 0) is 0 Å². The molecule has 6 bridgehead atoms. The molecule has 23 heavy (non-hydrogen) atoms. The molecule has 0 spiro atoms. The Hall–Kier alpha value is -0.210. The largest absolute Gasteiger partial charge is 0.394 e. The van der Waals surface area contributed by atoms with Gasteiger partial charge in [0, 0.05) is 0 Å². The molecule has 0 aliphatic heterocycles. The van der Waals surface area contributed by atoms with Crippen LogP contribution in [0.1, 0.15) is 71.1 Å². The highest BCUT2D eigenvalue weighted by atomic mass is 19.4. The van der Waals surface area contributed by atoms with Gasteiger partial charge in [0.2, 0.25) is 0 Å². The fourth-order valence-corrected chi connectivity index (χ4v) is 8.34. The van der Waals surface area contributed by atoms with Crippen molar-refractivity contribution in [2.24, 2.45) is 46.3 Å². The Bertz CT molecular complexity index is 480. The minimum atomic E-state index is -4.00. The fourth-order valence-electron chi connectivity index (χ4n) is 8.34. The zero-order valence-corrected chi connectivity index (χ0v) is 14.2. The summed E-state index contributed by atoms with van der Waals surface area (Å²) in [6.45, 7) is 2.26.